The Bertz CT molecular complexity index is 1300. The number of sulfonamides is 1. The van der Waals surface area contributed by atoms with Crippen molar-refractivity contribution in [2.24, 2.45) is 0 Å². The van der Waals surface area contributed by atoms with E-state index in [4.69, 9.17) is 4.74 Å². The van der Waals surface area contributed by atoms with E-state index >= 15 is 0 Å². The fraction of sp³-hybridized carbons (Fsp3) is 0.269. The van der Waals surface area contributed by atoms with Gasteiger partial charge in [-0.3, -0.25) is 0 Å². The van der Waals surface area contributed by atoms with Crippen LogP contribution in [0.15, 0.2) is 78.9 Å². The number of hydrogen-bond acceptors (Lipinski definition) is 4. The third-order valence-electron chi connectivity index (χ3n) is 5.51. The normalized spacial score (nSPS) is 12.8. The molecule has 6 nitrogen and oxygen atoms in total. The lowest BCUT2D eigenvalue weighted by molar-refractivity contribution is -0.137. The Morgan fingerprint density at radius 3 is 2.30 bits per heavy atom. The number of alkyl carbamates (subject to hydrolysis) is 1. The van der Waals surface area contributed by atoms with Gasteiger partial charge in [0, 0.05) is 13.6 Å². The number of benzene rings is 3. The molecule has 37 heavy (non-hydrogen) atoms. The summed E-state index contributed by atoms with van der Waals surface area (Å²) in [6, 6.07) is 17.9. The summed E-state index contributed by atoms with van der Waals surface area (Å²) in [6.07, 6.45) is -5.60. The molecule has 0 heterocycles. The van der Waals surface area contributed by atoms with E-state index in [2.05, 4.69) is 5.32 Å². The van der Waals surface area contributed by atoms with Crippen LogP contribution in [0.3, 0.4) is 0 Å². The molecule has 0 aromatic heterocycles. The lowest BCUT2D eigenvalue weighted by Crippen LogP contribution is -2.44. The molecular weight excluding hydrogens is 512 g/mol. The molecule has 0 fully saturated rings. The Morgan fingerprint density at radius 2 is 1.62 bits per heavy atom. The van der Waals surface area contributed by atoms with Crippen LogP contribution >= 0.6 is 0 Å². The van der Waals surface area contributed by atoms with Gasteiger partial charge in [0.05, 0.1) is 17.4 Å². The number of ether oxygens (including phenoxy) is 1. The number of alkyl halides is 3. The topological polar surface area (TPSA) is 75.7 Å². The molecule has 0 saturated carbocycles. The SMILES string of the molecule is CN(Cc1cccc(C(F)(F)F)c1)S(=O)(=O)CC(Cc1ccccc1F)NC(=O)OCc1ccccc1. The first-order chi connectivity index (χ1) is 17.4. The molecule has 3 aromatic rings. The molecule has 3 aromatic carbocycles. The Hall–Kier alpha value is -3.44. The fourth-order valence-electron chi connectivity index (χ4n) is 3.60. The van der Waals surface area contributed by atoms with E-state index in [1.54, 1.807) is 36.4 Å². The lowest BCUT2D eigenvalue weighted by atomic mass is 10.1. The molecule has 1 amide bonds. The van der Waals surface area contributed by atoms with E-state index in [9.17, 15) is 30.8 Å². The van der Waals surface area contributed by atoms with Gasteiger partial charge in [0.1, 0.15) is 12.4 Å². The van der Waals surface area contributed by atoms with Gasteiger partial charge in [-0.1, -0.05) is 66.7 Å². The third-order valence-corrected chi connectivity index (χ3v) is 7.41. The predicted molar refractivity (Wildman–Crippen MR) is 130 cm³/mol. The second-order valence-electron chi connectivity index (χ2n) is 8.43. The van der Waals surface area contributed by atoms with Crippen LogP contribution < -0.4 is 5.32 Å². The predicted octanol–water partition coefficient (Wildman–Crippen LogP) is 5.14. The van der Waals surface area contributed by atoms with Crippen molar-refractivity contribution in [3.8, 4) is 0 Å². The Balaban J connectivity index is 1.73. The molecular formula is C26H26F4N2O4S. The minimum absolute atomic E-state index is 0.0543. The molecule has 0 radical (unpaired) electrons. The van der Waals surface area contributed by atoms with Crippen molar-refractivity contribution < 1.29 is 35.5 Å². The van der Waals surface area contributed by atoms with Gasteiger partial charge in [0.25, 0.3) is 0 Å². The van der Waals surface area contributed by atoms with Crippen LogP contribution in [0, 0.1) is 5.82 Å². The number of rotatable bonds is 10. The van der Waals surface area contributed by atoms with Gasteiger partial charge in [0.2, 0.25) is 10.0 Å². The summed E-state index contributed by atoms with van der Waals surface area (Å²) in [6.45, 7) is -0.377. The van der Waals surface area contributed by atoms with Crippen LogP contribution in [0.5, 0.6) is 0 Å². The maximum absolute atomic E-state index is 14.3. The highest BCUT2D eigenvalue weighted by Crippen LogP contribution is 2.30. The molecule has 1 atom stereocenters. The number of nitrogens with zero attached hydrogens (tertiary/aromatic N) is 1. The summed E-state index contributed by atoms with van der Waals surface area (Å²) < 4.78 is 85.6. The second-order valence-corrected chi connectivity index (χ2v) is 10.6. The van der Waals surface area contributed by atoms with Crippen LogP contribution in [0.25, 0.3) is 0 Å². The first-order valence-corrected chi connectivity index (χ1v) is 12.9. The zero-order valence-corrected chi connectivity index (χ0v) is 20.7. The van der Waals surface area contributed by atoms with E-state index in [1.165, 1.54) is 37.4 Å². The maximum atomic E-state index is 14.3. The van der Waals surface area contributed by atoms with Crippen LogP contribution in [-0.4, -0.2) is 37.7 Å². The molecule has 0 bridgehead atoms. The van der Waals surface area contributed by atoms with Crippen LogP contribution in [0.2, 0.25) is 0 Å². The van der Waals surface area contributed by atoms with Gasteiger partial charge in [-0.05, 0) is 35.2 Å². The number of carbonyl (C=O) groups is 1. The third kappa shape index (κ3) is 8.57. The second kappa shape index (κ2) is 12.2. The molecule has 0 saturated heterocycles. The molecule has 198 valence electrons. The minimum Gasteiger partial charge on any atom is -0.445 e. The molecule has 1 unspecified atom stereocenters. The number of nitrogens with one attached hydrogen (secondary N) is 1. The average molecular weight is 539 g/mol. The summed E-state index contributed by atoms with van der Waals surface area (Å²) in [7, 11) is -2.87. The Kier molecular flexibility index (Phi) is 9.28. The Labute approximate surface area is 212 Å². The highest BCUT2D eigenvalue weighted by Gasteiger charge is 2.31. The molecule has 3 rings (SSSR count). The quantitative estimate of drug-likeness (QED) is 0.363. The van der Waals surface area contributed by atoms with Crippen molar-refractivity contribution in [2.75, 3.05) is 12.8 Å². The van der Waals surface area contributed by atoms with Crippen molar-refractivity contribution in [3.05, 3.63) is 107 Å². The summed E-state index contributed by atoms with van der Waals surface area (Å²) in [5.74, 6) is -1.20. The highest BCUT2D eigenvalue weighted by atomic mass is 32.2. The highest BCUT2D eigenvalue weighted by molar-refractivity contribution is 7.89. The van der Waals surface area contributed by atoms with Crippen molar-refractivity contribution in [1.82, 2.24) is 9.62 Å². The van der Waals surface area contributed by atoms with Crippen molar-refractivity contribution in [3.63, 3.8) is 0 Å². The lowest BCUT2D eigenvalue weighted by Gasteiger charge is -2.23. The van der Waals surface area contributed by atoms with Crippen molar-refractivity contribution in [1.29, 1.82) is 0 Å². The zero-order chi connectivity index (χ0) is 27.1. The van der Waals surface area contributed by atoms with Crippen molar-refractivity contribution in [2.45, 2.75) is 31.8 Å². The summed E-state index contributed by atoms with van der Waals surface area (Å²) in [5.41, 5.74) is 0.154. The monoisotopic (exact) mass is 538 g/mol. The number of amides is 1. The summed E-state index contributed by atoms with van der Waals surface area (Å²) >= 11 is 0. The van der Waals surface area contributed by atoms with Crippen molar-refractivity contribution >= 4 is 16.1 Å². The Morgan fingerprint density at radius 1 is 0.973 bits per heavy atom. The largest absolute Gasteiger partial charge is 0.445 e. The van der Waals surface area contributed by atoms with Gasteiger partial charge >= 0.3 is 12.3 Å². The standard InChI is InChI=1S/C26H26F4N2O4S/c1-32(16-20-10-7-12-22(14-20)26(28,29)30)37(34,35)18-23(15-21-11-5-6-13-24(21)27)31-25(33)36-17-19-8-3-2-4-9-19/h2-14,23H,15-18H2,1H3,(H,31,33). The first kappa shape index (κ1) is 28.1. The van der Waals surface area contributed by atoms with Gasteiger partial charge in [-0.15, -0.1) is 0 Å². The first-order valence-electron chi connectivity index (χ1n) is 11.2. The van der Waals surface area contributed by atoms with Gasteiger partial charge < -0.3 is 10.1 Å². The number of halogens is 4. The van der Waals surface area contributed by atoms with E-state index in [-0.39, 0.29) is 30.7 Å². The molecule has 0 aliphatic rings. The smallest absolute Gasteiger partial charge is 0.416 e. The zero-order valence-electron chi connectivity index (χ0n) is 19.9. The fourth-order valence-corrected chi connectivity index (χ4v) is 4.91. The van der Waals surface area contributed by atoms with E-state index in [1.807, 2.05) is 0 Å². The molecule has 0 aliphatic heterocycles. The van der Waals surface area contributed by atoms with E-state index in [0.717, 1.165) is 22.0 Å². The summed E-state index contributed by atoms with van der Waals surface area (Å²) in [4.78, 5) is 12.4. The summed E-state index contributed by atoms with van der Waals surface area (Å²) in [5, 5.41) is 2.48. The van der Waals surface area contributed by atoms with Crippen LogP contribution in [-0.2, 0) is 40.5 Å². The molecule has 0 spiro atoms. The van der Waals surface area contributed by atoms with Gasteiger partial charge in [0.15, 0.2) is 0 Å². The molecule has 1 N–H and O–H groups in total. The van der Waals surface area contributed by atoms with Gasteiger partial charge in [-0.25, -0.2) is 21.9 Å². The van der Waals surface area contributed by atoms with E-state index in [0.29, 0.717) is 0 Å². The molecule has 11 heteroatoms. The van der Waals surface area contributed by atoms with Gasteiger partial charge in [-0.2, -0.15) is 13.2 Å². The molecule has 0 aliphatic carbocycles. The number of hydrogen-bond donors (Lipinski definition) is 1. The van der Waals surface area contributed by atoms with Crippen LogP contribution in [0.1, 0.15) is 22.3 Å². The average Bonchev–Trinajstić information content (AvgIpc) is 2.84. The maximum Gasteiger partial charge on any atom is 0.416 e. The number of carbonyl (C=O) groups excluding carboxylic acids is 1. The van der Waals surface area contributed by atoms with Crippen LogP contribution in [0.4, 0.5) is 22.4 Å². The van der Waals surface area contributed by atoms with E-state index < -0.39 is 45.5 Å². The minimum atomic E-state index is -4.57.